The highest BCUT2D eigenvalue weighted by Crippen LogP contribution is 2.35. The third-order valence-electron chi connectivity index (χ3n) is 3.78. The number of amides is 1. The Balaban J connectivity index is 1.62. The Bertz CT molecular complexity index is 665. The Morgan fingerprint density at radius 3 is 2.81 bits per heavy atom. The van der Waals surface area contributed by atoms with E-state index in [0.29, 0.717) is 21.8 Å². The van der Waals surface area contributed by atoms with Crippen LogP contribution in [0.2, 0.25) is 10.0 Å². The Morgan fingerprint density at radius 2 is 2.14 bits per heavy atom. The van der Waals surface area contributed by atoms with Crippen molar-refractivity contribution in [2.45, 2.75) is 31.6 Å². The quantitative estimate of drug-likeness (QED) is 0.887. The van der Waals surface area contributed by atoms with Gasteiger partial charge in [-0.05, 0) is 30.5 Å². The fraction of sp³-hybridized carbons (Fsp3) is 0.333. The maximum absolute atomic E-state index is 12.0. The second-order valence-electron chi connectivity index (χ2n) is 5.30. The molecule has 2 aromatic rings. The van der Waals surface area contributed by atoms with Gasteiger partial charge < -0.3 is 5.32 Å². The monoisotopic (exact) mass is 323 g/mol. The van der Waals surface area contributed by atoms with Gasteiger partial charge in [-0.2, -0.15) is 5.10 Å². The van der Waals surface area contributed by atoms with E-state index in [1.807, 2.05) is 6.07 Å². The molecule has 4 nitrogen and oxygen atoms in total. The highest BCUT2D eigenvalue weighted by atomic mass is 35.5. The van der Waals surface area contributed by atoms with Crippen molar-refractivity contribution in [3.05, 3.63) is 45.6 Å². The Kier molecular flexibility index (Phi) is 4.17. The number of carbonyl (C=O) groups is 1. The minimum atomic E-state index is -0.147. The highest BCUT2D eigenvalue weighted by molar-refractivity contribution is 6.35. The van der Waals surface area contributed by atoms with Crippen molar-refractivity contribution in [2.24, 2.45) is 0 Å². The number of aromatic amines is 1. The van der Waals surface area contributed by atoms with Gasteiger partial charge in [-0.15, -0.1) is 0 Å². The molecule has 0 unspecified atom stereocenters. The molecule has 0 radical (unpaired) electrons. The summed E-state index contributed by atoms with van der Waals surface area (Å²) in [5.74, 6) is 0.978. The van der Waals surface area contributed by atoms with Gasteiger partial charge in [0.25, 0.3) is 0 Å². The number of hydrogen-bond donors (Lipinski definition) is 2. The van der Waals surface area contributed by atoms with Crippen LogP contribution in [0.1, 0.15) is 36.4 Å². The standard InChI is InChI=1S/C15H15Cl2N3O/c16-11-5-4-10(12(17)7-11)6-15(21)18-14-8-13(19-20-14)9-2-1-3-9/h4-5,7-9H,1-3,6H2,(H2,18,19,20,21). The molecular formula is C15H15Cl2N3O. The van der Waals surface area contributed by atoms with Gasteiger partial charge in [0.1, 0.15) is 0 Å². The van der Waals surface area contributed by atoms with Crippen LogP contribution in [0.3, 0.4) is 0 Å². The number of hydrogen-bond acceptors (Lipinski definition) is 2. The van der Waals surface area contributed by atoms with Crippen molar-refractivity contribution in [1.82, 2.24) is 10.2 Å². The molecule has 0 bridgehead atoms. The Morgan fingerprint density at radius 1 is 1.33 bits per heavy atom. The lowest BCUT2D eigenvalue weighted by Gasteiger charge is -2.23. The van der Waals surface area contributed by atoms with Crippen LogP contribution in [0.15, 0.2) is 24.3 Å². The second kappa shape index (κ2) is 6.08. The summed E-state index contributed by atoms with van der Waals surface area (Å²) in [4.78, 5) is 12.0. The zero-order valence-electron chi connectivity index (χ0n) is 11.3. The molecule has 6 heteroatoms. The molecule has 1 aromatic heterocycles. The molecule has 1 aromatic carbocycles. The van der Waals surface area contributed by atoms with E-state index in [1.54, 1.807) is 18.2 Å². The van der Waals surface area contributed by atoms with Crippen LogP contribution in [0.4, 0.5) is 5.82 Å². The van der Waals surface area contributed by atoms with E-state index < -0.39 is 0 Å². The number of H-pyrrole nitrogens is 1. The second-order valence-corrected chi connectivity index (χ2v) is 6.14. The molecule has 1 heterocycles. The number of rotatable bonds is 4. The number of anilines is 1. The summed E-state index contributed by atoms with van der Waals surface area (Å²) in [5.41, 5.74) is 1.84. The van der Waals surface area contributed by atoms with Crippen LogP contribution in [-0.2, 0) is 11.2 Å². The van der Waals surface area contributed by atoms with Crippen molar-refractivity contribution >= 4 is 34.9 Å². The minimum Gasteiger partial charge on any atom is -0.309 e. The normalized spacial score (nSPS) is 14.8. The van der Waals surface area contributed by atoms with Gasteiger partial charge in [-0.25, -0.2) is 0 Å². The van der Waals surface area contributed by atoms with Crippen LogP contribution in [0.5, 0.6) is 0 Å². The highest BCUT2D eigenvalue weighted by Gasteiger charge is 2.21. The summed E-state index contributed by atoms with van der Waals surface area (Å²) in [5, 5.41) is 10.9. The first-order chi connectivity index (χ1) is 10.1. The largest absolute Gasteiger partial charge is 0.309 e. The van der Waals surface area contributed by atoms with Gasteiger partial charge in [0, 0.05) is 27.7 Å². The lowest BCUT2D eigenvalue weighted by Crippen LogP contribution is -2.15. The molecule has 0 atom stereocenters. The predicted molar refractivity (Wildman–Crippen MR) is 84.0 cm³/mol. The molecule has 3 rings (SSSR count). The molecule has 0 saturated heterocycles. The number of nitrogens with one attached hydrogen (secondary N) is 2. The van der Waals surface area contributed by atoms with Gasteiger partial charge in [0.15, 0.2) is 5.82 Å². The first-order valence-electron chi connectivity index (χ1n) is 6.91. The van der Waals surface area contributed by atoms with Crippen LogP contribution >= 0.6 is 23.2 Å². The first kappa shape index (κ1) is 14.4. The van der Waals surface area contributed by atoms with E-state index >= 15 is 0 Å². The Hall–Kier alpha value is -1.52. The maximum Gasteiger partial charge on any atom is 0.230 e. The van der Waals surface area contributed by atoms with Crippen LogP contribution in [0, 0.1) is 0 Å². The average Bonchev–Trinajstić information content (AvgIpc) is 2.78. The third kappa shape index (κ3) is 3.39. The molecule has 1 saturated carbocycles. The lowest BCUT2D eigenvalue weighted by molar-refractivity contribution is -0.115. The summed E-state index contributed by atoms with van der Waals surface area (Å²) in [6, 6.07) is 7.02. The SMILES string of the molecule is O=C(Cc1ccc(Cl)cc1Cl)Nc1cc(C2CCC2)[nH]n1. The van der Waals surface area contributed by atoms with E-state index in [-0.39, 0.29) is 12.3 Å². The molecule has 0 aliphatic heterocycles. The maximum atomic E-state index is 12.0. The molecular weight excluding hydrogens is 309 g/mol. The van der Waals surface area contributed by atoms with Crippen molar-refractivity contribution in [2.75, 3.05) is 5.32 Å². The van der Waals surface area contributed by atoms with E-state index in [2.05, 4.69) is 15.5 Å². The molecule has 0 spiro atoms. The van der Waals surface area contributed by atoms with Crippen LogP contribution < -0.4 is 5.32 Å². The van der Waals surface area contributed by atoms with E-state index in [1.165, 1.54) is 19.3 Å². The molecule has 1 aliphatic rings. The summed E-state index contributed by atoms with van der Waals surface area (Å²) < 4.78 is 0. The molecule has 21 heavy (non-hydrogen) atoms. The van der Waals surface area contributed by atoms with E-state index in [4.69, 9.17) is 23.2 Å². The van der Waals surface area contributed by atoms with Crippen LogP contribution in [0.25, 0.3) is 0 Å². The van der Waals surface area contributed by atoms with Crippen LogP contribution in [-0.4, -0.2) is 16.1 Å². The molecule has 1 amide bonds. The molecule has 1 fully saturated rings. The zero-order chi connectivity index (χ0) is 14.8. The smallest absolute Gasteiger partial charge is 0.230 e. The van der Waals surface area contributed by atoms with E-state index in [0.717, 1.165) is 11.3 Å². The molecule has 110 valence electrons. The van der Waals surface area contributed by atoms with Crippen molar-refractivity contribution in [3.63, 3.8) is 0 Å². The summed E-state index contributed by atoms with van der Waals surface area (Å²) in [6.45, 7) is 0. The van der Waals surface area contributed by atoms with Crippen molar-refractivity contribution in [1.29, 1.82) is 0 Å². The van der Waals surface area contributed by atoms with Gasteiger partial charge in [-0.3, -0.25) is 9.89 Å². The van der Waals surface area contributed by atoms with E-state index in [9.17, 15) is 4.79 Å². The fourth-order valence-corrected chi connectivity index (χ4v) is 2.83. The third-order valence-corrected chi connectivity index (χ3v) is 4.36. The number of benzene rings is 1. The minimum absolute atomic E-state index is 0.147. The number of aromatic nitrogens is 2. The number of halogens is 2. The van der Waals surface area contributed by atoms with Gasteiger partial charge in [0.2, 0.25) is 5.91 Å². The first-order valence-corrected chi connectivity index (χ1v) is 7.66. The zero-order valence-corrected chi connectivity index (χ0v) is 12.8. The predicted octanol–water partition coefficient (Wildman–Crippen LogP) is 4.17. The molecule has 1 aliphatic carbocycles. The van der Waals surface area contributed by atoms with Crippen molar-refractivity contribution in [3.8, 4) is 0 Å². The van der Waals surface area contributed by atoms with Crippen molar-refractivity contribution < 1.29 is 4.79 Å². The van der Waals surface area contributed by atoms with Gasteiger partial charge >= 0.3 is 0 Å². The number of carbonyl (C=O) groups excluding carboxylic acids is 1. The Labute approximate surface area is 132 Å². The summed E-state index contributed by atoms with van der Waals surface area (Å²) >= 11 is 11.9. The molecule has 2 N–H and O–H groups in total. The topological polar surface area (TPSA) is 57.8 Å². The lowest BCUT2D eigenvalue weighted by atomic mass is 9.83. The fourth-order valence-electron chi connectivity index (χ4n) is 2.35. The summed E-state index contributed by atoms with van der Waals surface area (Å²) in [6.07, 6.45) is 3.84. The summed E-state index contributed by atoms with van der Waals surface area (Å²) in [7, 11) is 0. The number of nitrogens with zero attached hydrogens (tertiary/aromatic N) is 1. The van der Waals surface area contributed by atoms with Gasteiger partial charge in [0.05, 0.1) is 6.42 Å². The van der Waals surface area contributed by atoms with Gasteiger partial charge in [-0.1, -0.05) is 35.7 Å². The average molecular weight is 324 g/mol.